The fourth-order valence-electron chi connectivity index (χ4n) is 4.13. The molecular formula is C24H26N6O. The second-order valence-electron chi connectivity index (χ2n) is 7.80. The Morgan fingerprint density at radius 2 is 1.77 bits per heavy atom. The van der Waals surface area contributed by atoms with Crippen LogP contribution in [-0.4, -0.2) is 57.8 Å². The van der Waals surface area contributed by atoms with Crippen molar-refractivity contribution in [2.24, 2.45) is 0 Å². The lowest BCUT2D eigenvalue weighted by atomic mass is 10.1. The van der Waals surface area contributed by atoms with Gasteiger partial charge in [-0.25, -0.2) is 4.98 Å². The molecule has 1 saturated heterocycles. The number of rotatable bonds is 5. The van der Waals surface area contributed by atoms with E-state index in [0.717, 1.165) is 62.0 Å². The first-order valence-corrected chi connectivity index (χ1v) is 10.7. The van der Waals surface area contributed by atoms with E-state index in [2.05, 4.69) is 50.2 Å². The first-order chi connectivity index (χ1) is 15.3. The molecule has 0 amide bonds. The molecule has 0 spiro atoms. The van der Waals surface area contributed by atoms with Crippen LogP contribution in [0.3, 0.4) is 0 Å². The third-order valence-corrected chi connectivity index (χ3v) is 5.78. The number of fused-ring (bicyclic) bond motifs is 1. The van der Waals surface area contributed by atoms with Gasteiger partial charge in [0.05, 0.1) is 12.8 Å². The number of hydrogen-bond donors (Lipinski definition) is 0. The second-order valence-corrected chi connectivity index (χ2v) is 7.80. The Hall–Kier alpha value is -3.45. The molecule has 0 radical (unpaired) electrons. The Bertz CT molecular complexity index is 1140. The minimum Gasteiger partial charge on any atom is -0.497 e. The zero-order valence-corrected chi connectivity index (χ0v) is 17.7. The third-order valence-electron chi connectivity index (χ3n) is 5.78. The van der Waals surface area contributed by atoms with E-state index in [0.29, 0.717) is 5.78 Å². The van der Waals surface area contributed by atoms with E-state index in [1.165, 1.54) is 5.56 Å². The molecule has 158 valence electrons. The van der Waals surface area contributed by atoms with Crippen LogP contribution in [0.25, 0.3) is 17.0 Å². The summed E-state index contributed by atoms with van der Waals surface area (Å²) in [4.78, 5) is 14.0. The number of methoxy groups -OCH3 is 1. The highest BCUT2D eigenvalue weighted by molar-refractivity contribution is 5.65. The molecule has 0 aliphatic carbocycles. The van der Waals surface area contributed by atoms with Gasteiger partial charge < -0.3 is 9.64 Å². The van der Waals surface area contributed by atoms with Crippen LogP contribution >= 0.6 is 0 Å². The van der Waals surface area contributed by atoms with Crippen molar-refractivity contribution in [3.8, 4) is 17.0 Å². The Balaban J connectivity index is 1.36. The summed E-state index contributed by atoms with van der Waals surface area (Å²) in [5, 5.41) is 4.44. The van der Waals surface area contributed by atoms with Crippen molar-refractivity contribution in [3.05, 3.63) is 72.6 Å². The SMILES string of the molecule is COc1ccc(CN2CCCN(c3cc(-c4ccccc4)nc4ncnn34)CC2)cc1. The van der Waals surface area contributed by atoms with Crippen molar-refractivity contribution >= 4 is 11.6 Å². The number of ether oxygens (including phenoxy) is 1. The molecule has 0 bridgehead atoms. The maximum Gasteiger partial charge on any atom is 0.254 e. The zero-order chi connectivity index (χ0) is 21.0. The van der Waals surface area contributed by atoms with Gasteiger partial charge in [0, 0.05) is 44.4 Å². The van der Waals surface area contributed by atoms with Crippen molar-refractivity contribution < 1.29 is 4.74 Å². The third kappa shape index (κ3) is 4.22. The molecule has 0 saturated carbocycles. The number of aromatic nitrogens is 4. The monoisotopic (exact) mass is 414 g/mol. The number of nitrogens with zero attached hydrogens (tertiary/aromatic N) is 6. The molecule has 2 aromatic carbocycles. The molecule has 0 unspecified atom stereocenters. The fraction of sp³-hybridized carbons (Fsp3) is 0.292. The normalized spacial score (nSPS) is 15.2. The Morgan fingerprint density at radius 1 is 0.935 bits per heavy atom. The molecule has 3 heterocycles. The predicted octanol–water partition coefficient (Wildman–Crippen LogP) is 3.51. The molecule has 7 nitrogen and oxygen atoms in total. The van der Waals surface area contributed by atoms with E-state index in [1.807, 2.05) is 34.8 Å². The Morgan fingerprint density at radius 3 is 2.58 bits per heavy atom. The number of hydrogen-bond acceptors (Lipinski definition) is 6. The molecule has 7 heteroatoms. The molecule has 2 aromatic heterocycles. The van der Waals surface area contributed by atoms with E-state index in [-0.39, 0.29) is 0 Å². The summed E-state index contributed by atoms with van der Waals surface area (Å²) in [5.74, 6) is 2.58. The van der Waals surface area contributed by atoms with Gasteiger partial charge in [0.15, 0.2) is 0 Å². The molecule has 0 atom stereocenters. The molecule has 1 aliphatic rings. The Labute approximate surface area is 181 Å². The minimum atomic E-state index is 0.635. The van der Waals surface area contributed by atoms with Crippen LogP contribution in [0.2, 0.25) is 0 Å². The van der Waals surface area contributed by atoms with Gasteiger partial charge in [-0.3, -0.25) is 4.90 Å². The van der Waals surface area contributed by atoms with E-state index in [4.69, 9.17) is 9.72 Å². The summed E-state index contributed by atoms with van der Waals surface area (Å²) in [6.45, 7) is 4.92. The van der Waals surface area contributed by atoms with Crippen molar-refractivity contribution in [1.82, 2.24) is 24.5 Å². The minimum absolute atomic E-state index is 0.635. The molecular weight excluding hydrogens is 388 g/mol. The molecule has 1 aliphatic heterocycles. The van der Waals surface area contributed by atoms with Gasteiger partial charge in [0.1, 0.15) is 17.9 Å². The summed E-state index contributed by atoms with van der Waals surface area (Å²) in [7, 11) is 1.70. The number of anilines is 1. The average Bonchev–Trinajstić information content (AvgIpc) is 3.18. The summed E-state index contributed by atoms with van der Waals surface area (Å²) < 4.78 is 7.13. The first-order valence-electron chi connectivity index (χ1n) is 10.7. The number of benzene rings is 2. The lowest BCUT2D eigenvalue weighted by Gasteiger charge is -2.24. The van der Waals surface area contributed by atoms with Crippen LogP contribution < -0.4 is 9.64 Å². The zero-order valence-electron chi connectivity index (χ0n) is 17.7. The smallest absolute Gasteiger partial charge is 0.254 e. The summed E-state index contributed by atoms with van der Waals surface area (Å²) in [6.07, 6.45) is 2.67. The van der Waals surface area contributed by atoms with Crippen molar-refractivity contribution in [1.29, 1.82) is 0 Å². The maximum atomic E-state index is 5.27. The van der Waals surface area contributed by atoms with Gasteiger partial charge in [0.25, 0.3) is 5.78 Å². The van der Waals surface area contributed by atoms with Gasteiger partial charge in [-0.2, -0.15) is 14.6 Å². The molecule has 1 fully saturated rings. The van der Waals surface area contributed by atoms with Gasteiger partial charge in [-0.05, 0) is 24.1 Å². The fourth-order valence-corrected chi connectivity index (χ4v) is 4.13. The first kappa shape index (κ1) is 19.5. The molecule has 0 N–H and O–H groups in total. The average molecular weight is 415 g/mol. The lowest BCUT2D eigenvalue weighted by molar-refractivity contribution is 0.285. The maximum absolute atomic E-state index is 5.27. The topological polar surface area (TPSA) is 58.8 Å². The highest BCUT2D eigenvalue weighted by atomic mass is 16.5. The molecule has 31 heavy (non-hydrogen) atoms. The largest absolute Gasteiger partial charge is 0.497 e. The highest BCUT2D eigenvalue weighted by Crippen LogP contribution is 2.25. The van der Waals surface area contributed by atoms with Gasteiger partial charge in [-0.1, -0.05) is 42.5 Å². The standard InChI is InChI=1S/C24H26N6O/c1-31-21-10-8-19(9-11-21)17-28-12-5-13-29(15-14-28)23-16-22(20-6-3-2-4-7-20)27-24-25-18-26-30(23)24/h2-4,6-11,16,18H,5,12-15,17H2,1H3. The van der Waals surface area contributed by atoms with Gasteiger partial charge in [0.2, 0.25) is 0 Å². The van der Waals surface area contributed by atoms with Crippen LogP contribution in [0.5, 0.6) is 5.75 Å². The molecule has 4 aromatic rings. The predicted molar refractivity (Wildman–Crippen MR) is 121 cm³/mol. The van der Waals surface area contributed by atoms with Crippen molar-refractivity contribution in [3.63, 3.8) is 0 Å². The summed E-state index contributed by atoms with van der Waals surface area (Å²) >= 11 is 0. The van der Waals surface area contributed by atoms with Crippen LogP contribution in [-0.2, 0) is 6.54 Å². The van der Waals surface area contributed by atoms with E-state index in [1.54, 1.807) is 13.4 Å². The Kier molecular flexibility index (Phi) is 5.50. The van der Waals surface area contributed by atoms with Gasteiger partial charge in [-0.15, -0.1) is 0 Å². The highest BCUT2D eigenvalue weighted by Gasteiger charge is 2.19. The van der Waals surface area contributed by atoms with Crippen molar-refractivity contribution in [2.45, 2.75) is 13.0 Å². The van der Waals surface area contributed by atoms with E-state index >= 15 is 0 Å². The summed E-state index contributed by atoms with van der Waals surface area (Å²) in [5.41, 5.74) is 3.32. The van der Waals surface area contributed by atoms with Crippen LogP contribution in [0.4, 0.5) is 5.82 Å². The van der Waals surface area contributed by atoms with Crippen LogP contribution in [0.15, 0.2) is 67.0 Å². The van der Waals surface area contributed by atoms with Crippen LogP contribution in [0, 0.1) is 0 Å². The van der Waals surface area contributed by atoms with Gasteiger partial charge >= 0.3 is 0 Å². The lowest BCUT2D eigenvalue weighted by Crippen LogP contribution is -2.31. The van der Waals surface area contributed by atoms with Crippen molar-refractivity contribution in [2.75, 3.05) is 38.2 Å². The van der Waals surface area contributed by atoms with Crippen LogP contribution in [0.1, 0.15) is 12.0 Å². The quantitative estimate of drug-likeness (QED) is 0.498. The van der Waals surface area contributed by atoms with E-state index < -0.39 is 0 Å². The van der Waals surface area contributed by atoms with E-state index in [9.17, 15) is 0 Å². The second kappa shape index (κ2) is 8.73. The summed E-state index contributed by atoms with van der Waals surface area (Å²) in [6, 6.07) is 20.7. The molecule has 5 rings (SSSR count).